The molecule has 3 heterocycles. The maximum absolute atomic E-state index is 5.83. The molecule has 3 rings (SSSR count). The van der Waals surface area contributed by atoms with Crippen LogP contribution in [0.15, 0.2) is 12.5 Å². The minimum absolute atomic E-state index is 0.362. The number of aryl methyl sites for hydroxylation is 1. The summed E-state index contributed by atoms with van der Waals surface area (Å²) in [7, 11) is 1.68. The molecule has 3 aromatic heterocycles. The first-order valence-electron chi connectivity index (χ1n) is 6.61. The van der Waals surface area contributed by atoms with Crippen molar-refractivity contribution in [3.8, 4) is 11.1 Å². The third kappa shape index (κ3) is 2.13. The number of methoxy groups -OCH3 is 1. The van der Waals surface area contributed by atoms with E-state index in [1.54, 1.807) is 24.0 Å². The standard InChI is InChI=1S/C13H17N7O/c1-8-11(9(2)20(18-8)4-5-21-3)10-6-15-13(14)19-7-16-17-12(10)19/h6-7H,4-5H2,1-3H3,(H2,14,15). The van der Waals surface area contributed by atoms with Crippen LogP contribution >= 0.6 is 0 Å². The lowest BCUT2D eigenvalue weighted by atomic mass is 10.1. The number of nitrogen functional groups attached to an aromatic ring is 1. The van der Waals surface area contributed by atoms with Crippen molar-refractivity contribution >= 4 is 11.6 Å². The van der Waals surface area contributed by atoms with Gasteiger partial charge in [0.2, 0.25) is 5.95 Å². The van der Waals surface area contributed by atoms with Gasteiger partial charge in [-0.2, -0.15) is 5.10 Å². The van der Waals surface area contributed by atoms with Crippen LogP contribution in [0.2, 0.25) is 0 Å². The van der Waals surface area contributed by atoms with Crippen LogP contribution in [-0.2, 0) is 11.3 Å². The summed E-state index contributed by atoms with van der Waals surface area (Å²) in [4.78, 5) is 4.21. The zero-order valence-electron chi connectivity index (χ0n) is 12.2. The van der Waals surface area contributed by atoms with Gasteiger partial charge in [-0.15, -0.1) is 10.2 Å². The van der Waals surface area contributed by atoms with E-state index in [1.165, 1.54) is 0 Å². The summed E-state index contributed by atoms with van der Waals surface area (Å²) in [6.07, 6.45) is 3.28. The zero-order chi connectivity index (χ0) is 15.0. The number of hydrogen-bond acceptors (Lipinski definition) is 6. The maximum atomic E-state index is 5.83. The minimum atomic E-state index is 0.362. The Morgan fingerprint density at radius 2 is 2.14 bits per heavy atom. The van der Waals surface area contributed by atoms with E-state index >= 15 is 0 Å². The predicted molar refractivity (Wildman–Crippen MR) is 77.8 cm³/mol. The van der Waals surface area contributed by atoms with Gasteiger partial charge in [-0.3, -0.25) is 9.08 Å². The van der Waals surface area contributed by atoms with E-state index in [0.717, 1.165) is 22.5 Å². The summed E-state index contributed by atoms with van der Waals surface area (Å²) in [6, 6.07) is 0. The van der Waals surface area contributed by atoms with Gasteiger partial charge >= 0.3 is 0 Å². The van der Waals surface area contributed by atoms with Crippen LogP contribution in [0.4, 0.5) is 5.95 Å². The smallest absolute Gasteiger partial charge is 0.207 e. The highest BCUT2D eigenvalue weighted by molar-refractivity contribution is 5.80. The Morgan fingerprint density at radius 3 is 2.90 bits per heavy atom. The fourth-order valence-electron chi connectivity index (χ4n) is 2.50. The van der Waals surface area contributed by atoms with Crippen molar-refractivity contribution in [1.29, 1.82) is 0 Å². The van der Waals surface area contributed by atoms with Crippen LogP contribution < -0.4 is 5.73 Å². The normalized spacial score (nSPS) is 11.4. The molecule has 0 unspecified atom stereocenters. The van der Waals surface area contributed by atoms with Crippen molar-refractivity contribution < 1.29 is 4.74 Å². The molecule has 0 aliphatic rings. The van der Waals surface area contributed by atoms with Gasteiger partial charge in [-0.05, 0) is 13.8 Å². The molecule has 0 saturated heterocycles. The molecule has 8 nitrogen and oxygen atoms in total. The molecule has 3 aromatic rings. The van der Waals surface area contributed by atoms with Gasteiger partial charge in [0, 0.05) is 30.1 Å². The monoisotopic (exact) mass is 287 g/mol. The summed E-state index contributed by atoms with van der Waals surface area (Å²) >= 11 is 0. The van der Waals surface area contributed by atoms with E-state index in [1.807, 2.05) is 18.5 Å². The number of ether oxygens (including phenoxy) is 1. The molecule has 0 saturated carbocycles. The lowest BCUT2D eigenvalue weighted by Gasteiger charge is -2.06. The molecule has 0 bridgehead atoms. The first-order valence-corrected chi connectivity index (χ1v) is 6.61. The van der Waals surface area contributed by atoms with Gasteiger partial charge in [0.15, 0.2) is 5.65 Å². The van der Waals surface area contributed by atoms with E-state index in [-0.39, 0.29) is 0 Å². The Balaban J connectivity index is 2.17. The van der Waals surface area contributed by atoms with Gasteiger partial charge in [-0.25, -0.2) is 4.98 Å². The van der Waals surface area contributed by atoms with Crippen LogP contribution in [0.25, 0.3) is 16.8 Å². The molecule has 110 valence electrons. The van der Waals surface area contributed by atoms with Crippen LogP contribution in [0.3, 0.4) is 0 Å². The van der Waals surface area contributed by atoms with Crippen molar-refractivity contribution in [3.63, 3.8) is 0 Å². The van der Waals surface area contributed by atoms with Gasteiger partial charge in [0.25, 0.3) is 0 Å². The fraction of sp³-hybridized carbons (Fsp3) is 0.385. The van der Waals surface area contributed by atoms with Crippen molar-refractivity contribution in [2.24, 2.45) is 0 Å². The Bertz CT molecular complexity index is 789. The molecule has 0 spiro atoms. The second-order valence-electron chi connectivity index (χ2n) is 4.82. The molecular formula is C13H17N7O. The number of aromatic nitrogens is 6. The van der Waals surface area contributed by atoms with E-state index in [0.29, 0.717) is 24.7 Å². The molecule has 2 N–H and O–H groups in total. The quantitative estimate of drug-likeness (QED) is 0.763. The molecular weight excluding hydrogens is 270 g/mol. The van der Waals surface area contributed by atoms with E-state index < -0.39 is 0 Å². The van der Waals surface area contributed by atoms with Crippen LogP contribution in [0, 0.1) is 13.8 Å². The molecule has 0 atom stereocenters. The molecule has 0 aliphatic heterocycles. The topological polar surface area (TPSA) is 96.1 Å². The van der Waals surface area contributed by atoms with E-state index in [4.69, 9.17) is 10.5 Å². The lowest BCUT2D eigenvalue weighted by Crippen LogP contribution is -2.07. The number of rotatable bonds is 4. The zero-order valence-corrected chi connectivity index (χ0v) is 12.2. The second kappa shape index (κ2) is 5.13. The average molecular weight is 287 g/mol. The summed E-state index contributed by atoms with van der Waals surface area (Å²) in [6.45, 7) is 5.30. The number of hydrogen-bond donors (Lipinski definition) is 1. The fourth-order valence-corrected chi connectivity index (χ4v) is 2.50. The Labute approximate surface area is 121 Å². The van der Waals surface area contributed by atoms with Gasteiger partial charge < -0.3 is 10.5 Å². The summed E-state index contributed by atoms with van der Waals surface area (Å²) < 4.78 is 8.71. The highest BCUT2D eigenvalue weighted by atomic mass is 16.5. The molecule has 0 amide bonds. The largest absolute Gasteiger partial charge is 0.383 e. The Hall–Kier alpha value is -2.48. The van der Waals surface area contributed by atoms with E-state index in [2.05, 4.69) is 20.3 Å². The number of anilines is 1. The summed E-state index contributed by atoms with van der Waals surface area (Å²) in [5.74, 6) is 0.362. The molecule has 21 heavy (non-hydrogen) atoms. The first kappa shape index (κ1) is 13.5. The summed E-state index contributed by atoms with van der Waals surface area (Å²) in [5.41, 5.74) is 10.4. The molecule has 0 fully saturated rings. The second-order valence-corrected chi connectivity index (χ2v) is 4.82. The average Bonchev–Trinajstić information content (AvgIpc) is 3.05. The number of nitrogens with two attached hydrogens (primary N) is 1. The maximum Gasteiger partial charge on any atom is 0.207 e. The third-order valence-corrected chi connectivity index (χ3v) is 3.52. The van der Waals surface area contributed by atoms with Crippen LogP contribution in [0.1, 0.15) is 11.4 Å². The molecule has 0 aliphatic carbocycles. The van der Waals surface area contributed by atoms with Gasteiger partial charge in [-0.1, -0.05) is 0 Å². The SMILES string of the molecule is COCCn1nc(C)c(-c2cnc(N)n3cnnc23)c1C. The van der Waals surface area contributed by atoms with Crippen LogP contribution in [-0.4, -0.2) is 43.1 Å². The highest BCUT2D eigenvalue weighted by Gasteiger charge is 2.18. The summed E-state index contributed by atoms with van der Waals surface area (Å²) in [5, 5.41) is 12.6. The van der Waals surface area contributed by atoms with E-state index in [9.17, 15) is 0 Å². The molecule has 0 radical (unpaired) electrons. The van der Waals surface area contributed by atoms with Crippen molar-refractivity contribution in [2.45, 2.75) is 20.4 Å². The predicted octanol–water partition coefficient (Wildman–Crippen LogP) is 0.833. The third-order valence-electron chi connectivity index (χ3n) is 3.52. The van der Waals surface area contributed by atoms with Crippen molar-refractivity contribution in [1.82, 2.24) is 29.4 Å². The number of fused-ring (bicyclic) bond motifs is 1. The first-order chi connectivity index (χ1) is 10.1. The molecule has 8 heteroatoms. The van der Waals surface area contributed by atoms with Crippen LogP contribution in [0.5, 0.6) is 0 Å². The Kier molecular flexibility index (Phi) is 3.30. The minimum Gasteiger partial charge on any atom is -0.383 e. The molecule has 0 aromatic carbocycles. The number of nitrogens with zero attached hydrogens (tertiary/aromatic N) is 6. The highest BCUT2D eigenvalue weighted by Crippen LogP contribution is 2.29. The van der Waals surface area contributed by atoms with Gasteiger partial charge in [0.05, 0.1) is 18.8 Å². The van der Waals surface area contributed by atoms with Gasteiger partial charge in [0.1, 0.15) is 6.33 Å². The Morgan fingerprint density at radius 1 is 1.33 bits per heavy atom. The van der Waals surface area contributed by atoms with Crippen molar-refractivity contribution in [3.05, 3.63) is 23.9 Å². The lowest BCUT2D eigenvalue weighted by molar-refractivity contribution is 0.182. The van der Waals surface area contributed by atoms with Crippen molar-refractivity contribution in [2.75, 3.05) is 19.5 Å².